The average Bonchev–Trinajstić information content (AvgIpc) is 1.65. The summed E-state index contributed by atoms with van der Waals surface area (Å²) < 4.78 is 42.7. The van der Waals surface area contributed by atoms with Gasteiger partial charge < -0.3 is 8.85 Å². The molecule has 0 unspecified atom stereocenters. The second-order valence-electron chi connectivity index (χ2n) is 1.34. The molecule has 0 aliphatic carbocycles. The van der Waals surface area contributed by atoms with Crippen molar-refractivity contribution in [3.05, 3.63) is 0 Å². The van der Waals surface area contributed by atoms with Gasteiger partial charge in [0.25, 0.3) is 0 Å². The maximum atomic E-state index is 11.5. The van der Waals surface area contributed by atoms with Crippen molar-refractivity contribution in [2.24, 2.45) is 0 Å². The van der Waals surface area contributed by atoms with Crippen molar-refractivity contribution in [1.29, 1.82) is 0 Å². The fourth-order valence-electron chi connectivity index (χ4n) is 0.363. The van der Waals surface area contributed by atoms with E-state index in [0.29, 0.717) is 0 Å². The minimum absolute atomic E-state index is 0.994. The Morgan fingerprint density at radius 1 is 1.11 bits per heavy atom. The van der Waals surface area contributed by atoms with Crippen LogP contribution >= 0.6 is 0 Å². The van der Waals surface area contributed by atoms with E-state index in [9.17, 15) is 13.2 Å². The molecule has 0 aromatic heterocycles. The van der Waals surface area contributed by atoms with Crippen molar-refractivity contribution in [3.8, 4) is 0 Å². The minimum atomic E-state index is -4.29. The Balaban J connectivity index is 3.79. The maximum absolute atomic E-state index is 11.5. The fourth-order valence-corrected chi connectivity index (χ4v) is 1.09. The molecule has 0 rings (SSSR count). The molecule has 0 saturated heterocycles. The largest absolute Gasteiger partial charge is 0.442 e. The molecule has 56 valence electrons. The Labute approximate surface area is 52.4 Å². The summed E-state index contributed by atoms with van der Waals surface area (Å²) >= 11 is 0. The van der Waals surface area contributed by atoms with Crippen LogP contribution in [0, 0.1) is 0 Å². The first-order chi connectivity index (χ1) is 4.02. The first-order valence-corrected chi connectivity index (χ1v) is 3.66. The summed E-state index contributed by atoms with van der Waals surface area (Å²) in [5, 5.41) is 0. The lowest BCUT2D eigenvalue weighted by atomic mass is 11.5. The molecule has 0 spiro atoms. The van der Waals surface area contributed by atoms with Crippen LogP contribution in [0.5, 0.6) is 0 Å². The highest BCUT2D eigenvalue weighted by Crippen LogP contribution is 2.18. The van der Waals surface area contributed by atoms with E-state index in [2.05, 4.69) is 8.85 Å². The van der Waals surface area contributed by atoms with Crippen molar-refractivity contribution >= 4 is 9.28 Å². The third kappa shape index (κ3) is 2.83. The Bertz CT molecular complexity index is 79.6. The molecular weight excluding hydrogens is 153 g/mol. The van der Waals surface area contributed by atoms with Gasteiger partial charge in [-0.3, -0.25) is 0 Å². The quantitative estimate of drug-likeness (QED) is 0.551. The number of halogens is 3. The predicted molar refractivity (Wildman–Crippen MR) is 27.2 cm³/mol. The molecule has 0 aromatic rings. The normalized spacial score (nSPS) is 12.7. The SMILES string of the molecule is CO[SiH](OC)C(F)(F)F. The van der Waals surface area contributed by atoms with Gasteiger partial charge in [-0.2, -0.15) is 13.2 Å². The van der Waals surface area contributed by atoms with Crippen molar-refractivity contribution in [2.45, 2.75) is 5.80 Å². The topological polar surface area (TPSA) is 18.5 Å². The Hall–Kier alpha value is -0.0731. The van der Waals surface area contributed by atoms with E-state index >= 15 is 0 Å². The molecule has 0 saturated carbocycles. The summed E-state index contributed by atoms with van der Waals surface area (Å²) in [5.41, 5.74) is 0. The van der Waals surface area contributed by atoms with E-state index in [1.165, 1.54) is 0 Å². The van der Waals surface area contributed by atoms with Crippen molar-refractivity contribution in [2.75, 3.05) is 14.2 Å². The zero-order valence-electron chi connectivity index (χ0n) is 5.03. The van der Waals surface area contributed by atoms with E-state index in [4.69, 9.17) is 0 Å². The van der Waals surface area contributed by atoms with E-state index in [-0.39, 0.29) is 0 Å². The fraction of sp³-hybridized carbons (Fsp3) is 1.00. The molecule has 0 aromatic carbocycles. The predicted octanol–water partition coefficient (Wildman–Crippen LogP) is 0.601. The molecule has 0 fully saturated rings. The van der Waals surface area contributed by atoms with Crippen LogP contribution in [0.1, 0.15) is 0 Å². The van der Waals surface area contributed by atoms with Gasteiger partial charge >= 0.3 is 15.1 Å². The molecule has 0 aliphatic rings. The summed E-state index contributed by atoms with van der Waals surface area (Å²) in [6.45, 7) is 0. The second kappa shape index (κ2) is 3.19. The van der Waals surface area contributed by atoms with E-state index in [0.717, 1.165) is 14.2 Å². The summed E-state index contributed by atoms with van der Waals surface area (Å²) in [7, 11) is -1.39. The zero-order chi connectivity index (χ0) is 7.49. The molecule has 0 radical (unpaired) electrons. The Morgan fingerprint density at radius 3 is 1.44 bits per heavy atom. The molecule has 0 aliphatic heterocycles. The summed E-state index contributed by atoms with van der Waals surface area (Å²) in [5.74, 6) is -4.29. The van der Waals surface area contributed by atoms with Crippen LogP contribution in [0.3, 0.4) is 0 Å². The molecule has 2 nitrogen and oxygen atoms in total. The van der Waals surface area contributed by atoms with Crippen molar-refractivity contribution < 1.29 is 22.0 Å². The van der Waals surface area contributed by atoms with Gasteiger partial charge in [0.05, 0.1) is 0 Å². The van der Waals surface area contributed by atoms with Crippen molar-refractivity contribution in [1.82, 2.24) is 0 Å². The zero-order valence-corrected chi connectivity index (χ0v) is 6.18. The van der Waals surface area contributed by atoms with Crippen LogP contribution in [-0.2, 0) is 8.85 Å². The van der Waals surface area contributed by atoms with Gasteiger partial charge in [0.2, 0.25) is 0 Å². The van der Waals surface area contributed by atoms with E-state index in [1.807, 2.05) is 0 Å². The monoisotopic (exact) mass is 160 g/mol. The van der Waals surface area contributed by atoms with Gasteiger partial charge in [-0.1, -0.05) is 0 Å². The van der Waals surface area contributed by atoms with Gasteiger partial charge in [0.1, 0.15) is 0 Å². The van der Waals surface area contributed by atoms with Gasteiger partial charge in [-0.25, -0.2) is 0 Å². The lowest BCUT2D eigenvalue weighted by Crippen LogP contribution is -2.37. The second-order valence-corrected chi connectivity index (χ2v) is 3.61. The lowest BCUT2D eigenvalue weighted by molar-refractivity contribution is -0.0818. The minimum Gasteiger partial charge on any atom is -0.394 e. The molecule has 9 heavy (non-hydrogen) atoms. The molecule has 0 atom stereocenters. The summed E-state index contributed by atoms with van der Waals surface area (Å²) in [4.78, 5) is 0. The molecule has 6 heteroatoms. The number of alkyl halides is 3. The Kier molecular flexibility index (Phi) is 3.16. The van der Waals surface area contributed by atoms with Crippen molar-refractivity contribution in [3.63, 3.8) is 0 Å². The molecule has 0 heterocycles. The van der Waals surface area contributed by atoms with Crippen LogP contribution in [0.15, 0.2) is 0 Å². The van der Waals surface area contributed by atoms with Gasteiger partial charge in [-0.05, 0) is 0 Å². The highest BCUT2D eigenvalue weighted by Gasteiger charge is 2.43. The molecular formula is C3H7F3O2Si. The number of hydrogen-bond acceptors (Lipinski definition) is 2. The average molecular weight is 160 g/mol. The maximum Gasteiger partial charge on any atom is 0.442 e. The highest BCUT2D eigenvalue weighted by molar-refractivity contribution is 6.46. The van der Waals surface area contributed by atoms with E-state index < -0.39 is 15.1 Å². The first kappa shape index (κ1) is 8.93. The smallest absolute Gasteiger partial charge is 0.394 e. The van der Waals surface area contributed by atoms with E-state index in [1.54, 1.807) is 0 Å². The third-order valence-electron chi connectivity index (χ3n) is 0.695. The molecule has 0 N–H and O–H groups in total. The summed E-state index contributed by atoms with van der Waals surface area (Å²) in [6.07, 6.45) is 0. The first-order valence-electron chi connectivity index (χ1n) is 2.14. The standard InChI is InChI=1S/C3H7F3O2Si/c1-7-9(8-2)3(4,5)6/h9H,1-2H3. The molecule has 0 bridgehead atoms. The van der Waals surface area contributed by atoms with Crippen LogP contribution in [0.25, 0.3) is 0 Å². The highest BCUT2D eigenvalue weighted by atomic mass is 28.3. The van der Waals surface area contributed by atoms with Crippen LogP contribution in [-0.4, -0.2) is 29.3 Å². The van der Waals surface area contributed by atoms with Crippen LogP contribution in [0.4, 0.5) is 13.2 Å². The van der Waals surface area contributed by atoms with Gasteiger partial charge in [0, 0.05) is 14.2 Å². The van der Waals surface area contributed by atoms with Crippen LogP contribution in [0.2, 0.25) is 0 Å². The van der Waals surface area contributed by atoms with Gasteiger partial charge in [0.15, 0.2) is 0 Å². The number of rotatable bonds is 2. The Morgan fingerprint density at radius 2 is 1.44 bits per heavy atom. The third-order valence-corrected chi connectivity index (χ3v) is 2.09. The van der Waals surface area contributed by atoms with Crippen LogP contribution < -0.4 is 0 Å². The number of hydrogen-bond donors (Lipinski definition) is 0. The molecule has 0 amide bonds. The lowest BCUT2D eigenvalue weighted by Gasteiger charge is -2.13. The van der Waals surface area contributed by atoms with Gasteiger partial charge in [-0.15, -0.1) is 0 Å². The summed E-state index contributed by atoms with van der Waals surface area (Å²) in [6, 6.07) is 0.